The van der Waals surface area contributed by atoms with Gasteiger partial charge in [-0.2, -0.15) is 9.97 Å². The molecule has 14 heteroatoms. The summed E-state index contributed by atoms with van der Waals surface area (Å²) in [5.74, 6) is 3.29. The summed E-state index contributed by atoms with van der Waals surface area (Å²) in [6.45, 7) is 1.95. The molecule has 1 fully saturated rings. The molecule has 0 saturated carbocycles. The Hall–Kier alpha value is -3.79. The lowest BCUT2D eigenvalue weighted by Gasteiger charge is -2.28. The summed E-state index contributed by atoms with van der Waals surface area (Å²) in [4.78, 5) is 27.8. The first-order chi connectivity index (χ1) is 21.0. The van der Waals surface area contributed by atoms with Crippen LogP contribution in [0.4, 0.5) is 11.8 Å². The molecule has 1 aliphatic heterocycles. The Kier molecular flexibility index (Phi) is 9.39. The summed E-state index contributed by atoms with van der Waals surface area (Å²) >= 11 is 5.97. The molecule has 0 aliphatic carbocycles. The van der Waals surface area contributed by atoms with E-state index < -0.39 is 31.0 Å². The molecule has 0 spiro atoms. The van der Waals surface area contributed by atoms with Crippen LogP contribution in [0.1, 0.15) is 33.4 Å². The lowest BCUT2D eigenvalue weighted by atomic mass is 10.0. The molecule has 44 heavy (non-hydrogen) atoms. The van der Waals surface area contributed by atoms with Crippen LogP contribution in [0, 0.1) is 18.3 Å². The minimum Gasteiger partial charge on any atom is -0.462 e. The van der Waals surface area contributed by atoms with Gasteiger partial charge < -0.3 is 29.2 Å². The number of anilines is 2. The van der Waals surface area contributed by atoms with Crippen molar-refractivity contribution in [1.29, 1.82) is 0 Å². The number of ether oxygens (including phenoxy) is 2. The van der Waals surface area contributed by atoms with Crippen LogP contribution in [0.2, 0.25) is 0 Å². The third-order valence-electron chi connectivity index (χ3n) is 6.98. The van der Waals surface area contributed by atoms with Gasteiger partial charge in [0.25, 0.3) is 0 Å². The maximum absolute atomic E-state index is 12.7. The number of benzene rings is 2. The number of nitrogen functional groups attached to an aromatic ring is 1. The Morgan fingerprint density at radius 3 is 2.73 bits per heavy atom. The molecule has 5 atom stereocenters. The van der Waals surface area contributed by atoms with Crippen LogP contribution in [-0.2, 0) is 30.6 Å². The number of aromatic nitrogens is 4. The van der Waals surface area contributed by atoms with Gasteiger partial charge in [-0.15, -0.1) is 6.42 Å². The molecule has 2 aromatic heterocycles. The molecule has 1 aliphatic rings. The molecule has 5 rings (SSSR count). The topological polar surface area (TPSA) is 139 Å². The SMILES string of the molecule is C#C[C@H]1C[C@@H](CO[P@@](=S)(N[C@@H](C)C(=O)OC(C)C)Oc2cccc3ccccc23)O[C@H]1n1cnc2c(N(C)C)nc(N)nc21. The third-order valence-corrected chi connectivity index (χ3v) is 9.47. The normalized spacial score (nSPS) is 20.3. The van der Waals surface area contributed by atoms with E-state index in [1.54, 1.807) is 31.7 Å². The van der Waals surface area contributed by atoms with E-state index in [9.17, 15) is 4.79 Å². The quantitative estimate of drug-likeness (QED) is 0.137. The molecule has 0 amide bonds. The van der Waals surface area contributed by atoms with E-state index in [0.717, 1.165) is 10.8 Å². The molecule has 3 N–H and O–H groups in total. The first-order valence-corrected chi connectivity index (χ1v) is 16.8. The smallest absolute Gasteiger partial charge is 0.323 e. The number of nitrogens with one attached hydrogen (secondary N) is 1. The highest BCUT2D eigenvalue weighted by atomic mass is 32.5. The van der Waals surface area contributed by atoms with E-state index >= 15 is 0 Å². The molecule has 2 aromatic carbocycles. The highest BCUT2D eigenvalue weighted by molar-refractivity contribution is 8.09. The van der Waals surface area contributed by atoms with E-state index in [1.165, 1.54) is 0 Å². The third kappa shape index (κ3) is 6.80. The van der Waals surface area contributed by atoms with Gasteiger partial charge in [0.05, 0.1) is 31.1 Å². The first-order valence-electron chi connectivity index (χ1n) is 14.2. The van der Waals surface area contributed by atoms with Gasteiger partial charge in [-0.05, 0) is 50.5 Å². The van der Waals surface area contributed by atoms with Gasteiger partial charge in [0.15, 0.2) is 23.2 Å². The Bertz CT molecular complexity index is 1750. The number of hydrogen-bond acceptors (Lipinski definition) is 11. The van der Waals surface area contributed by atoms with Crippen LogP contribution in [0.25, 0.3) is 21.9 Å². The van der Waals surface area contributed by atoms with Crippen LogP contribution >= 0.6 is 6.64 Å². The highest BCUT2D eigenvalue weighted by Gasteiger charge is 2.39. The van der Waals surface area contributed by atoms with E-state index in [4.69, 9.17) is 42.5 Å². The second kappa shape index (κ2) is 13.1. The number of terminal acetylenes is 1. The first kappa shape index (κ1) is 31.6. The largest absolute Gasteiger partial charge is 0.462 e. The molecule has 0 unspecified atom stereocenters. The summed E-state index contributed by atoms with van der Waals surface area (Å²) in [5, 5.41) is 4.95. The van der Waals surface area contributed by atoms with E-state index in [2.05, 4.69) is 26.0 Å². The second-order valence-electron chi connectivity index (χ2n) is 11.0. The van der Waals surface area contributed by atoms with Crippen LogP contribution in [0.3, 0.4) is 0 Å². The molecule has 4 aromatic rings. The maximum Gasteiger partial charge on any atom is 0.323 e. The fraction of sp³-hybridized carbons (Fsp3) is 0.400. The molecule has 3 heterocycles. The van der Waals surface area contributed by atoms with Crippen molar-refractivity contribution in [3.63, 3.8) is 0 Å². The molecular formula is C30H36N7O5PS. The number of rotatable bonds is 11. The second-order valence-corrected chi connectivity index (χ2v) is 14.1. The van der Waals surface area contributed by atoms with Crippen molar-refractivity contribution < 1.29 is 23.3 Å². The number of nitrogens with zero attached hydrogens (tertiary/aromatic N) is 5. The molecule has 0 radical (unpaired) electrons. The highest BCUT2D eigenvalue weighted by Crippen LogP contribution is 2.48. The number of esters is 1. The van der Waals surface area contributed by atoms with Crippen LogP contribution in [0.5, 0.6) is 5.75 Å². The van der Waals surface area contributed by atoms with Crippen LogP contribution in [-0.4, -0.2) is 64.4 Å². The van der Waals surface area contributed by atoms with E-state index in [-0.39, 0.29) is 24.6 Å². The zero-order valence-corrected chi connectivity index (χ0v) is 26.9. The summed E-state index contributed by atoms with van der Waals surface area (Å²) in [7, 11) is 3.71. The number of imidazole rings is 1. The van der Waals surface area contributed by atoms with Crippen molar-refractivity contribution in [2.45, 2.75) is 51.7 Å². The Morgan fingerprint density at radius 2 is 2.00 bits per heavy atom. The number of nitrogens with two attached hydrogens (primary N) is 1. The molecule has 1 saturated heterocycles. The van der Waals surface area contributed by atoms with Gasteiger partial charge in [-0.3, -0.25) is 9.36 Å². The molecular weight excluding hydrogens is 601 g/mol. The van der Waals surface area contributed by atoms with Crippen LogP contribution in [0.15, 0.2) is 48.8 Å². The Balaban J connectivity index is 1.39. The van der Waals surface area contributed by atoms with Gasteiger partial charge in [0, 0.05) is 19.5 Å². The fourth-order valence-electron chi connectivity index (χ4n) is 4.98. The van der Waals surface area contributed by atoms with Crippen molar-refractivity contribution >= 4 is 58.1 Å². The average molecular weight is 638 g/mol. The zero-order valence-electron chi connectivity index (χ0n) is 25.2. The van der Waals surface area contributed by atoms with Crippen molar-refractivity contribution in [2.75, 3.05) is 31.3 Å². The van der Waals surface area contributed by atoms with Gasteiger partial charge in [-0.1, -0.05) is 42.3 Å². The van der Waals surface area contributed by atoms with Crippen molar-refractivity contribution in [1.82, 2.24) is 24.6 Å². The summed E-state index contributed by atoms with van der Waals surface area (Å²) in [5.41, 5.74) is 7.10. The summed E-state index contributed by atoms with van der Waals surface area (Å²) in [6, 6.07) is 12.7. The molecule has 0 bridgehead atoms. The van der Waals surface area contributed by atoms with Gasteiger partial charge >= 0.3 is 12.6 Å². The van der Waals surface area contributed by atoms with E-state index in [1.807, 2.05) is 61.5 Å². The average Bonchev–Trinajstić information content (AvgIpc) is 3.59. The van der Waals surface area contributed by atoms with Gasteiger partial charge in [-0.25, -0.2) is 10.1 Å². The summed E-state index contributed by atoms with van der Waals surface area (Å²) < 4.78 is 26.3. The van der Waals surface area contributed by atoms with E-state index in [0.29, 0.717) is 29.2 Å². The summed E-state index contributed by atoms with van der Waals surface area (Å²) in [6.07, 6.45) is 6.75. The predicted octanol–water partition coefficient (Wildman–Crippen LogP) is 4.41. The predicted molar refractivity (Wildman–Crippen MR) is 174 cm³/mol. The zero-order chi connectivity index (χ0) is 31.6. The Morgan fingerprint density at radius 1 is 1.25 bits per heavy atom. The number of fused-ring (bicyclic) bond motifs is 2. The van der Waals surface area contributed by atoms with Crippen molar-refractivity contribution in [2.24, 2.45) is 5.92 Å². The minimum absolute atomic E-state index is 0.0579. The standard InChI is InChI=1S/C30H36N7O5PS/c1-7-20-15-22(41-28(20)37-17-32-25-26(36(5)6)33-30(31)34-27(25)37)16-39-43(44,35-19(4)29(38)40-18(2)3)42-24-14-10-12-21-11-8-9-13-23(21)24/h1,8-14,17-20,22,28H,15-16H2,2-6H3,(H,35,44)(H2,31,33,34)/t19-,20-,22-,28+,43-/m0/s1. The minimum atomic E-state index is -3.33. The van der Waals surface area contributed by atoms with Crippen molar-refractivity contribution in [3.05, 3.63) is 48.8 Å². The fourth-order valence-corrected chi connectivity index (χ4v) is 7.42. The molecule has 12 nitrogen and oxygen atoms in total. The van der Waals surface area contributed by atoms with Gasteiger partial charge in [0.2, 0.25) is 5.95 Å². The monoisotopic (exact) mass is 637 g/mol. The lowest BCUT2D eigenvalue weighted by molar-refractivity contribution is -0.149. The lowest BCUT2D eigenvalue weighted by Crippen LogP contribution is -2.36. The Labute approximate surface area is 261 Å². The van der Waals surface area contributed by atoms with Gasteiger partial charge in [0.1, 0.15) is 11.8 Å². The number of carbonyl (C=O) groups is 1. The molecule has 232 valence electrons. The maximum atomic E-state index is 12.7. The van der Waals surface area contributed by atoms with Crippen molar-refractivity contribution in [3.8, 4) is 18.1 Å². The number of hydrogen-bond donors (Lipinski definition) is 2. The number of carbonyl (C=O) groups excluding carboxylic acids is 1. The van der Waals surface area contributed by atoms with Crippen LogP contribution < -0.4 is 20.2 Å².